The van der Waals surface area contributed by atoms with E-state index >= 15 is 0 Å². The Bertz CT molecular complexity index is 528. The lowest BCUT2D eigenvalue weighted by Gasteiger charge is -2.13. The van der Waals surface area contributed by atoms with Gasteiger partial charge in [0.15, 0.2) is 5.78 Å². The molecule has 0 amide bonds. The van der Waals surface area contributed by atoms with Gasteiger partial charge in [-0.1, -0.05) is 61.5 Å². The van der Waals surface area contributed by atoms with Crippen LogP contribution in [0.4, 0.5) is 0 Å². The maximum Gasteiger partial charge on any atom is 0.163 e. The van der Waals surface area contributed by atoms with Gasteiger partial charge in [0.05, 0.1) is 0 Å². The average Bonchev–Trinajstić information content (AvgIpc) is 2.40. The molecule has 2 aromatic carbocycles. The minimum atomic E-state index is 0.214. The van der Waals surface area contributed by atoms with E-state index in [1.54, 1.807) is 0 Å². The van der Waals surface area contributed by atoms with Crippen molar-refractivity contribution in [3.05, 3.63) is 71.3 Å². The molecular weight excluding hydrogens is 220 g/mol. The summed E-state index contributed by atoms with van der Waals surface area (Å²) >= 11 is 0. The number of Topliss-reactive ketones (excluding diaryl/α,β-unsaturated/α-hetero) is 1. The number of hydrogen-bond donors (Lipinski definition) is 0. The van der Waals surface area contributed by atoms with Gasteiger partial charge >= 0.3 is 0 Å². The Morgan fingerprint density at radius 2 is 1.61 bits per heavy atom. The molecule has 0 N–H and O–H groups in total. The summed E-state index contributed by atoms with van der Waals surface area (Å²) in [5, 5.41) is 0. The number of carbonyl (C=O) groups excluding carboxylic acids is 1. The molecule has 2 aromatic rings. The molecule has 2 rings (SSSR count). The fourth-order valence-corrected chi connectivity index (χ4v) is 2.27. The predicted octanol–water partition coefficient (Wildman–Crippen LogP) is 4.37. The van der Waals surface area contributed by atoms with E-state index < -0.39 is 0 Å². The Morgan fingerprint density at radius 1 is 1.00 bits per heavy atom. The summed E-state index contributed by atoms with van der Waals surface area (Å²) in [5.74, 6) is 0.477. The number of benzene rings is 2. The normalized spacial score (nSPS) is 12.1. The largest absolute Gasteiger partial charge is 0.294 e. The molecule has 0 aromatic heterocycles. The standard InChI is InChI=1S/C17H18O/c1-13-8-6-7-11-16(13)14(2)12-17(18)15-9-4-3-5-10-15/h3-11,14H,12H2,1-2H3. The van der Waals surface area contributed by atoms with Crippen LogP contribution >= 0.6 is 0 Å². The maximum absolute atomic E-state index is 12.1. The lowest BCUT2D eigenvalue weighted by Crippen LogP contribution is -2.06. The summed E-state index contributed by atoms with van der Waals surface area (Å²) in [4.78, 5) is 12.1. The first-order valence-corrected chi connectivity index (χ1v) is 6.32. The molecule has 1 atom stereocenters. The van der Waals surface area contributed by atoms with Gasteiger partial charge in [-0.3, -0.25) is 4.79 Å². The Morgan fingerprint density at radius 3 is 2.28 bits per heavy atom. The highest BCUT2D eigenvalue weighted by Crippen LogP contribution is 2.23. The van der Waals surface area contributed by atoms with Crippen LogP contribution < -0.4 is 0 Å². The van der Waals surface area contributed by atoms with Gasteiger partial charge < -0.3 is 0 Å². The van der Waals surface area contributed by atoms with Crippen LogP contribution in [-0.2, 0) is 0 Å². The van der Waals surface area contributed by atoms with Crippen molar-refractivity contribution in [3.63, 3.8) is 0 Å². The summed E-state index contributed by atoms with van der Waals surface area (Å²) in [5.41, 5.74) is 3.32. The lowest BCUT2D eigenvalue weighted by molar-refractivity contribution is 0.0975. The van der Waals surface area contributed by atoms with E-state index in [4.69, 9.17) is 0 Å². The van der Waals surface area contributed by atoms with Gasteiger partial charge in [-0.05, 0) is 24.0 Å². The Balaban J connectivity index is 2.11. The molecule has 0 aliphatic carbocycles. The Kier molecular flexibility index (Phi) is 3.93. The van der Waals surface area contributed by atoms with Gasteiger partial charge in [-0.25, -0.2) is 0 Å². The molecule has 0 aliphatic rings. The fourth-order valence-electron chi connectivity index (χ4n) is 2.27. The third-order valence-electron chi connectivity index (χ3n) is 3.31. The van der Waals surface area contributed by atoms with Gasteiger partial charge in [-0.15, -0.1) is 0 Å². The third-order valence-corrected chi connectivity index (χ3v) is 3.31. The van der Waals surface area contributed by atoms with Crippen molar-refractivity contribution >= 4 is 5.78 Å². The minimum absolute atomic E-state index is 0.214. The quantitative estimate of drug-likeness (QED) is 0.723. The zero-order valence-corrected chi connectivity index (χ0v) is 10.9. The van der Waals surface area contributed by atoms with Crippen molar-refractivity contribution in [2.24, 2.45) is 0 Å². The van der Waals surface area contributed by atoms with Gasteiger partial charge in [0.2, 0.25) is 0 Å². The van der Waals surface area contributed by atoms with Crippen LogP contribution in [0.1, 0.15) is 40.7 Å². The zero-order chi connectivity index (χ0) is 13.0. The van der Waals surface area contributed by atoms with Crippen LogP contribution in [0.25, 0.3) is 0 Å². The summed E-state index contributed by atoms with van der Waals surface area (Å²) in [6.45, 7) is 4.21. The van der Waals surface area contributed by atoms with Crippen molar-refractivity contribution in [1.29, 1.82) is 0 Å². The third kappa shape index (κ3) is 2.86. The molecule has 0 heterocycles. The molecule has 0 fully saturated rings. The van der Waals surface area contributed by atoms with Gasteiger partial charge in [-0.2, -0.15) is 0 Å². The maximum atomic E-state index is 12.1. The van der Waals surface area contributed by atoms with E-state index in [-0.39, 0.29) is 11.7 Å². The van der Waals surface area contributed by atoms with Crippen LogP contribution in [0, 0.1) is 6.92 Å². The van der Waals surface area contributed by atoms with Crippen molar-refractivity contribution in [1.82, 2.24) is 0 Å². The van der Waals surface area contributed by atoms with E-state index in [9.17, 15) is 4.79 Å². The molecule has 1 nitrogen and oxygen atoms in total. The molecule has 0 aliphatic heterocycles. The second kappa shape index (κ2) is 5.63. The summed E-state index contributed by atoms with van der Waals surface area (Å²) in [6.07, 6.45) is 0.564. The van der Waals surface area contributed by atoms with Crippen molar-refractivity contribution in [3.8, 4) is 0 Å². The van der Waals surface area contributed by atoms with Gasteiger partial charge in [0.25, 0.3) is 0 Å². The van der Waals surface area contributed by atoms with Gasteiger partial charge in [0.1, 0.15) is 0 Å². The second-order valence-corrected chi connectivity index (χ2v) is 4.75. The fraction of sp³-hybridized carbons (Fsp3) is 0.235. The van der Waals surface area contributed by atoms with Gasteiger partial charge in [0, 0.05) is 12.0 Å². The predicted molar refractivity (Wildman–Crippen MR) is 75.0 cm³/mol. The monoisotopic (exact) mass is 238 g/mol. The lowest BCUT2D eigenvalue weighted by atomic mass is 9.90. The first-order valence-electron chi connectivity index (χ1n) is 6.32. The molecule has 18 heavy (non-hydrogen) atoms. The first-order chi connectivity index (χ1) is 8.68. The van der Waals surface area contributed by atoms with E-state index in [1.165, 1.54) is 11.1 Å². The molecule has 0 saturated heterocycles. The van der Waals surface area contributed by atoms with E-state index in [0.717, 1.165) is 5.56 Å². The van der Waals surface area contributed by atoms with Crippen molar-refractivity contribution in [2.45, 2.75) is 26.2 Å². The number of hydrogen-bond acceptors (Lipinski definition) is 1. The summed E-state index contributed by atoms with van der Waals surface area (Å²) in [7, 11) is 0. The topological polar surface area (TPSA) is 17.1 Å². The minimum Gasteiger partial charge on any atom is -0.294 e. The van der Waals surface area contributed by atoms with E-state index in [2.05, 4.69) is 26.0 Å². The highest BCUT2D eigenvalue weighted by atomic mass is 16.1. The summed E-state index contributed by atoms with van der Waals surface area (Å²) in [6, 6.07) is 17.8. The smallest absolute Gasteiger partial charge is 0.163 e. The molecule has 92 valence electrons. The number of ketones is 1. The van der Waals surface area contributed by atoms with Crippen LogP contribution in [0.2, 0.25) is 0 Å². The molecular formula is C17H18O. The molecule has 0 spiro atoms. The Labute approximate surface area is 108 Å². The Hall–Kier alpha value is -1.89. The SMILES string of the molecule is Cc1ccccc1C(C)CC(=O)c1ccccc1. The second-order valence-electron chi connectivity index (χ2n) is 4.75. The number of carbonyl (C=O) groups is 1. The van der Waals surface area contributed by atoms with Crippen molar-refractivity contribution in [2.75, 3.05) is 0 Å². The number of rotatable bonds is 4. The molecule has 1 heteroatoms. The summed E-state index contributed by atoms with van der Waals surface area (Å²) < 4.78 is 0. The highest BCUT2D eigenvalue weighted by Gasteiger charge is 2.13. The van der Waals surface area contributed by atoms with Crippen molar-refractivity contribution < 1.29 is 4.79 Å². The van der Waals surface area contributed by atoms with Crippen LogP contribution in [-0.4, -0.2) is 5.78 Å². The molecule has 0 bridgehead atoms. The van der Waals surface area contributed by atoms with Crippen LogP contribution in [0.3, 0.4) is 0 Å². The molecule has 0 radical (unpaired) electrons. The molecule has 0 saturated carbocycles. The number of aryl methyl sites for hydroxylation is 1. The molecule has 1 unspecified atom stereocenters. The van der Waals surface area contributed by atoms with E-state index in [0.29, 0.717) is 6.42 Å². The zero-order valence-electron chi connectivity index (χ0n) is 10.9. The van der Waals surface area contributed by atoms with E-state index in [1.807, 2.05) is 42.5 Å². The average molecular weight is 238 g/mol. The highest BCUT2D eigenvalue weighted by molar-refractivity contribution is 5.96. The van der Waals surface area contributed by atoms with Crippen LogP contribution in [0.5, 0.6) is 0 Å². The van der Waals surface area contributed by atoms with Crippen LogP contribution in [0.15, 0.2) is 54.6 Å². The first kappa shape index (κ1) is 12.6.